The second kappa shape index (κ2) is 6.85. The predicted octanol–water partition coefficient (Wildman–Crippen LogP) is 4.38. The van der Waals surface area contributed by atoms with E-state index in [2.05, 4.69) is 15.5 Å². The Morgan fingerprint density at radius 1 is 1.00 bits per heavy atom. The molecule has 0 saturated heterocycles. The molecule has 2 heterocycles. The third-order valence-electron chi connectivity index (χ3n) is 3.45. The topological polar surface area (TPSA) is 72.0 Å². The summed E-state index contributed by atoms with van der Waals surface area (Å²) in [5, 5.41) is 14.0. The zero-order chi connectivity index (χ0) is 18.0. The number of hydrogen-bond acceptors (Lipinski definition) is 6. The summed E-state index contributed by atoms with van der Waals surface area (Å²) in [6.45, 7) is 6.11. The molecule has 3 aromatic rings. The number of thiophene rings is 1. The van der Waals surface area contributed by atoms with Gasteiger partial charge in [0.2, 0.25) is 10.9 Å². The first-order chi connectivity index (χ1) is 11.9. The third kappa shape index (κ3) is 3.83. The van der Waals surface area contributed by atoms with Crippen LogP contribution in [-0.2, 0) is 5.41 Å². The van der Waals surface area contributed by atoms with Gasteiger partial charge < -0.3 is 0 Å². The first-order valence-electron chi connectivity index (χ1n) is 7.69. The number of nitrogens with one attached hydrogen (secondary N) is 1. The number of rotatable bonds is 4. The van der Waals surface area contributed by atoms with Crippen LogP contribution in [-0.4, -0.2) is 21.9 Å². The fourth-order valence-corrected chi connectivity index (χ4v) is 3.64. The molecular formula is C18H17N3O2S2. The molecule has 0 radical (unpaired) electrons. The lowest BCUT2D eigenvalue weighted by atomic mass is 9.98. The molecule has 0 fully saturated rings. The molecule has 128 valence electrons. The van der Waals surface area contributed by atoms with Crippen molar-refractivity contribution >= 4 is 39.5 Å². The molecule has 1 aromatic carbocycles. The van der Waals surface area contributed by atoms with E-state index in [0.29, 0.717) is 21.1 Å². The number of carbonyl (C=O) groups is 2. The van der Waals surface area contributed by atoms with Gasteiger partial charge in [-0.1, -0.05) is 56.4 Å². The number of hydrogen-bond donors (Lipinski definition) is 1. The van der Waals surface area contributed by atoms with Crippen LogP contribution < -0.4 is 5.32 Å². The average molecular weight is 371 g/mol. The molecule has 0 aliphatic heterocycles. The maximum absolute atomic E-state index is 12.6. The molecule has 7 heteroatoms. The Kier molecular flexibility index (Phi) is 4.78. The molecule has 0 unspecified atom stereocenters. The Hall–Kier alpha value is -2.38. The van der Waals surface area contributed by atoms with Crippen molar-refractivity contribution in [3.8, 4) is 0 Å². The minimum atomic E-state index is -0.364. The highest BCUT2D eigenvalue weighted by Crippen LogP contribution is 2.28. The average Bonchev–Trinajstić information content (AvgIpc) is 3.25. The van der Waals surface area contributed by atoms with Crippen molar-refractivity contribution in [2.45, 2.75) is 26.2 Å². The molecular weight excluding hydrogens is 354 g/mol. The Balaban J connectivity index is 1.86. The number of amides is 1. The van der Waals surface area contributed by atoms with Gasteiger partial charge in [-0.2, -0.15) is 0 Å². The lowest BCUT2D eigenvalue weighted by Crippen LogP contribution is -2.16. The summed E-state index contributed by atoms with van der Waals surface area (Å²) < 4.78 is 0. The van der Waals surface area contributed by atoms with E-state index in [1.54, 1.807) is 30.3 Å². The zero-order valence-electron chi connectivity index (χ0n) is 14.1. The molecule has 0 aliphatic rings. The maximum atomic E-state index is 12.6. The second-order valence-electron chi connectivity index (χ2n) is 6.47. The lowest BCUT2D eigenvalue weighted by molar-refractivity contribution is 0.0997. The van der Waals surface area contributed by atoms with Gasteiger partial charge in [0.15, 0.2) is 0 Å². The monoisotopic (exact) mass is 371 g/mol. The van der Waals surface area contributed by atoms with E-state index < -0.39 is 0 Å². The summed E-state index contributed by atoms with van der Waals surface area (Å²) in [5.74, 6) is -0.523. The second-order valence-corrected chi connectivity index (χ2v) is 8.39. The van der Waals surface area contributed by atoms with Gasteiger partial charge in [0.25, 0.3) is 5.91 Å². The van der Waals surface area contributed by atoms with Crippen molar-refractivity contribution in [1.82, 2.24) is 10.2 Å². The molecule has 5 nitrogen and oxygen atoms in total. The summed E-state index contributed by atoms with van der Waals surface area (Å²) in [7, 11) is 0. The fourth-order valence-electron chi connectivity index (χ4n) is 2.16. The van der Waals surface area contributed by atoms with Gasteiger partial charge in [0.05, 0.1) is 10.4 Å². The van der Waals surface area contributed by atoms with E-state index in [9.17, 15) is 9.59 Å². The van der Waals surface area contributed by atoms with Crippen molar-refractivity contribution < 1.29 is 9.59 Å². The van der Waals surface area contributed by atoms with Crippen LogP contribution in [0.2, 0.25) is 0 Å². The number of benzene rings is 1. The Morgan fingerprint density at radius 2 is 1.72 bits per heavy atom. The third-order valence-corrected chi connectivity index (χ3v) is 5.58. The van der Waals surface area contributed by atoms with E-state index in [1.807, 2.05) is 32.2 Å². The quantitative estimate of drug-likeness (QED) is 0.691. The molecule has 0 atom stereocenters. The highest BCUT2D eigenvalue weighted by Gasteiger charge is 2.22. The molecule has 1 amide bonds. The van der Waals surface area contributed by atoms with E-state index in [0.717, 1.165) is 5.01 Å². The standard InChI is InChI=1S/C18H17N3O2S2/c1-18(2,3)16-20-21-17(25-16)19-15(23)12-8-5-4-7-11(12)14(22)13-9-6-10-24-13/h4-10H,1-3H3,(H,19,21,23). The van der Waals surface area contributed by atoms with Crippen molar-refractivity contribution in [2.75, 3.05) is 5.32 Å². The molecule has 0 bridgehead atoms. The maximum Gasteiger partial charge on any atom is 0.258 e. The van der Waals surface area contributed by atoms with Gasteiger partial charge in [-0.25, -0.2) is 0 Å². The minimum absolute atomic E-state index is 0.131. The summed E-state index contributed by atoms with van der Waals surface area (Å²) in [6, 6.07) is 10.4. The van der Waals surface area contributed by atoms with Crippen molar-refractivity contribution in [2.24, 2.45) is 0 Å². The molecule has 1 N–H and O–H groups in total. The van der Waals surface area contributed by atoms with E-state index in [1.165, 1.54) is 22.7 Å². The summed E-state index contributed by atoms with van der Waals surface area (Å²) >= 11 is 2.69. The smallest absolute Gasteiger partial charge is 0.258 e. The van der Waals surface area contributed by atoms with Crippen molar-refractivity contribution in [3.63, 3.8) is 0 Å². The first-order valence-corrected chi connectivity index (χ1v) is 9.38. The Morgan fingerprint density at radius 3 is 2.32 bits per heavy atom. The normalized spacial score (nSPS) is 11.3. The molecule has 3 rings (SSSR count). The first kappa shape index (κ1) is 17.4. The number of anilines is 1. The van der Waals surface area contributed by atoms with Crippen LogP contribution in [0.4, 0.5) is 5.13 Å². The van der Waals surface area contributed by atoms with Gasteiger partial charge in [-0.3, -0.25) is 14.9 Å². The van der Waals surface area contributed by atoms with Gasteiger partial charge in [-0.15, -0.1) is 21.5 Å². The fraction of sp³-hybridized carbons (Fsp3) is 0.222. The van der Waals surface area contributed by atoms with Crippen LogP contribution in [0.15, 0.2) is 41.8 Å². The molecule has 0 saturated carbocycles. The highest BCUT2D eigenvalue weighted by atomic mass is 32.1. The van der Waals surface area contributed by atoms with Gasteiger partial charge in [0.1, 0.15) is 5.01 Å². The van der Waals surface area contributed by atoms with Gasteiger partial charge in [-0.05, 0) is 17.5 Å². The molecule has 2 aromatic heterocycles. The lowest BCUT2D eigenvalue weighted by Gasteiger charge is -2.12. The van der Waals surface area contributed by atoms with E-state index in [4.69, 9.17) is 0 Å². The van der Waals surface area contributed by atoms with Gasteiger partial charge in [0, 0.05) is 11.0 Å². The van der Waals surface area contributed by atoms with Crippen molar-refractivity contribution in [1.29, 1.82) is 0 Å². The summed E-state index contributed by atoms with van der Waals surface area (Å²) in [5.41, 5.74) is 0.574. The Bertz CT molecular complexity index is 909. The van der Waals surface area contributed by atoms with Crippen molar-refractivity contribution in [3.05, 3.63) is 62.8 Å². The highest BCUT2D eigenvalue weighted by molar-refractivity contribution is 7.15. The molecule has 0 aliphatic carbocycles. The number of nitrogens with zero attached hydrogens (tertiary/aromatic N) is 2. The van der Waals surface area contributed by atoms with Crippen LogP contribution in [0.3, 0.4) is 0 Å². The number of aromatic nitrogens is 2. The Labute approximate surface area is 153 Å². The van der Waals surface area contributed by atoms with Crippen LogP contribution in [0.25, 0.3) is 0 Å². The minimum Gasteiger partial charge on any atom is -0.296 e. The van der Waals surface area contributed by atoms with E-state index in [-0.39, 0.29) is 17.1 Å². The number of carbonyl (C=O) groups excluding carboxylic acids is 2. The van der Waals surface area contributed by atoms with Crippen LogP contribution >= 0.6 is 22.7 Å². The SMILES string of the molecule is CC(C)(C)c1nnc(NC(=O)c2ccccc2C(=O)c2cccs2)s1. The van der Waals surface area contributed by atoms with Crippen LogP contribution in [0, 0.1) is 0 Å². The van der Waals surface area contributed by atoms with Crippen LogP contribution in [0.5, 0.6) is 0 Å². The van der Waals surface area contributed by atoms with Gasteiger partial charge >= 0.3 is 0 Å². The van der Waals surface area contributed by atoms with Crippen LogP contribution in [0.1, 0.15) is 51.4 Å². The van der Waals surface area contributed by atoms with E-state index >= 15 is 0 Å². The predicted molar refractivity (Wildman–Crippen MR) is 101 cm³/mol. The zero-order valence-corrected chi connectivity index (χ0v) is 15.7. The number of ketones is 1. The summed E-state index contributed by atoms with van der Waals surface area (Å²) in [4.78, 5) is 25.9. The molecule has 25 heavy (non-hydrogen) atoms. The largest absolute Gasteiger partial charge is 0.296 e. The summed E-state index contributed by atoms with van der Waals surface area (Å²) in [6.07, 6.45) is 0. The molecule has 0 spiro atoms.